The van der Waals surface area contributed by atoms with Crippen molar-refractivity contribution in [2.24, 2.45) is 5.73 Å². The van der Waals surface area contributed by atoms with Crippen LogP contribution in [0.1, 0.15) is 28.8 Å². The van der Waals surface area contributed by atoms with E-state index in [0.29, 0.717) is 34.3 Å². The van der Waals surface area contributed by atoms with E-state index in [1.165, 1.54) is 26.2 Å². The number of hydrogen-bond donors (Lipinski definition) is 2. The third-order valence-corrected chi connectivity index (χ3v) is 6.52. The summed E-state index contributed by atoms with van der Waals surface area (Å²) in [6.45, 7) is -0.126. The largest absolute Gasteiger partial charge is 0.497 e. The Morgan fingerprint density at radius 2 is 1.41 bits per heavy atom. The summed E-state index contributed by atoms with van der Waals surface area (Å²) in [6, 6.07) is 14.0. The number of primary amides is 1. The number of carbonyl (C=O) groups excluding carboxylic acids is 2. The van der Waals surface area contributed by atoms with Crippen molar-refractivity contribution in [2.75, 3.05) is 35.5 Å². The first kappa shape index (κ1) is 30.6. The number of carboxylic acid groups (broad SMARTS) is 1. The molecule has 218 valence electrons. The van der Waals surface area contributed by atoms with E-state index in [1.54, 1.807) is 62.8 Å². The van der Waals surface area contributed by atoms with Gasteiger partial charge in [-0.25, -0.2) is 4.79 Å². The summed E-state index contributed by atoms with van der Waals surface area (Å²) >= 11 is 0. The molecule has 2 amide bonds. The number of hydrogen-bond acceptors (Lipinski definition) is 8. The Labute approximate surface area is 238 Å². The maximum Gasteiger partial charge on any atom is 0.326 e. The molecule has 3 aromatic carbocycles. The van der Waals surface area contributed by atoms with Gasteiger partial charge in [0.05, 0.1) is 35.5 Å². The number of carboxylic acids is 1. The molecule has 0 saturated carbocycles. The summed E-state index contributed by atoms with van der Waals surface area (Å²) in [6.07, 6.45) is -0.381. The number of rotatable bonds is 14. The SMILES string of the molecule is COc1ccc(-c2ccc(C(=O)N(Cc3cc(OC)c(OC)c(OC)c3)[C@@H](CCC(N)=O)C(=O)O)cc2)c(OC)c1. The van der Waals surface area contributed by atoms with Crippen LogP contribution in [0.2, 0.25) is 0 Å². The van der Waals surface area contributed by atoms with Crippen molar-refractivity contribution >= 4 is 17.8 Å². The molecule has 41 heavy (non-hydrogen) atoms. The molecule has 0 fully saturated rings. The fourth-order valence-electron chi connectivity index (χ4n) is 4.43. The van der Waals surface area contributed by atoms with Gasteiger partial charge in [-0.2, -0.15) is 0 Å². The number of methoxy groups -OCH3 is 5. The Morgan fingerprint density at radius 1 is 0.805 bits per heavy atom. The van der Waals surface area contributed by atoms with E-state index in [1.807, 2.05) is 6.07 Å². The average Bonchev–Trinajstić information content (AvgIpc) is 2.98. The van der Waals surface area contributed by atoms with E-state index in [4.69, 9.17) is 29.4 Å². The molecule has 0 aliphatic rings. The van der Waals surface area contributed by atoms with E-state index in [9.17, 15) is 19.5 Å². The van der Waals surface area contributed by atoms with Gasteiger partial charge in [0.1, 0.15) is 17.5 Å². The number of benzene rings is 3. The maximum absolute atomic E-state index is 13.8. The van der Waals surface area contributed by atoms with Gasteiger partial charge in [0.15, 0.2) is 11.5 Å². The number of nitrogens with two attached hydrogens (primary N) is 1. The summed E-state index contributed by atoms with van der Waals surface area (Å²) in [5.41, 5.74) is 7.64. The second kappa shape index (κ2) is 13.9. The topological polar surface area (TPSA) is 147 Å². The van der Waals surface area contributed by atoms with Crippen LogP contribution in [0, 0.1) is 0 Å². The highest BCUT2D eigenvalue weighted by molar-refractivity contribution is 5.97. The molecule has 3 rings (SSSR count). The van der Waals surface area contributed by atoms with Crippen LogP contribution in [-0.2, 0) is 16.1 Å². The van der Waals surface area contributed by atoms with E-state index in [2.05, 4.69) is 0 Å². The lowest BCUT2D eigenvalue weighted by Gasteiger charge is -2.29. The summed E-state index contributed by atoms with van der Waals surface area (Å²) in [4.78, 5) is 38.9. The average molecular weight is 567 g/mol. The van der Waals surface area contributed by atoms with Crippen LogP contribution < -0.4 is 29.4 Å². The van der Waals surface area contributed by atoms with Gasteiger partial charge < -0.3 is 39.4 Å². The van der Waals surface area contributed by atoms with Gasteiger partial charge in [0.2, 0.25) is 11.7 Å². The second-order valence-corrected chi connectivity index (χ2v) is 8.97. The van der Waals surface area contributed by atoms with Crippen molar-refractivity contribution in [1.82, 2.24) is 4.90 Å². The molecule has 0 saturated heterocycles. The fraction of sp³-hybridized carbons (Fsp3) is 0.300. The van der Waals surface area contributed by atoms with Crippen LogP contribution in [0.15, 0.2) is 54.6 Å². The van der Waals surface area contributed by atoms with Gasteiger partial charge in [-0.1, -0.05) is 12.1 Å². The Bertz CT molecular complexity index is 1360. The molecule has 3 N–H and O–H groups in total. The normalized spacial score (nSPS) is 11.2. The highest BCUT2D eigenvalue weighted by Gasteiger charge is 2.31. The second-order valence-electron chi connectivity index (χ2n) is 8.97. The molecule has 3 aromatic rings. The molecule has 1 atom stereocenters. The molecule has 0 unspecified atom stereocenters. The van der Waals surface area contributed by atoms with E-state index < -0.39 is 23.8 Å². The lowest BCUT2D eigenvalue weighted by Crippen LogP contribution is -2.45. The zero-order chi connectivity index (χ0) is 30.1. The van der Waals surface area contributed by atoms with Crippen molar-refractivity contribution in [1.29, 1.82) is 0 Å². The number of nitrogens with zero attached hydrogens (tertiary/aromatic N) is 1. The summed E-state index contributed by atoms with van der Waals surface area (Å²) in [7, 11) is 7.49. The number of amides is 2. The van der Waals surface area contributed by atoms with Crippen LogP contribution in [0.25, 0.3) is 11.1 Å². The maximum atomic E-state index is 13.8. The number of ether oxygens (including phenoxy) is 5. The molecule has 0 heterocycles. The number of carbonyl (C=O) groups is 3. The first-order valence-corrected chi connectivity index (χ1v) is 12.6. The summed E-state index contributed by atoms with van der Waals surface area (Å²) in [5, 5.41) is 10.1. The fourth-order valence-corrected chi connectivity index (χ4v) is 4.43. The first-order chi connectivity index (χ1) is 19.7. The molecule has 0 aromatic heterocycles. The zero-order valence-electron chi connectivity index (χ0n) is 23.6. The first-order valence-electron chi connectivity index (χ1n) is 12.6. The van der Waals surface area contributed by atoms with Gasteiger partial charge in [0.25, 0.3) is 5.91 Å². The van der Waals surface area contributed by atoms with Gasteiger partial charge in [-0.3, -0.25) is 9.59 Å². The molecule has 0 aliphatic heterocycles. The summed E-state index contributed by atoms with van der Waals surface area (Å²) < 4.78 is 27.0. The van der Waals surface area contributed by atoms with E-state index >= 15 is 0 Å². The van der Waals surface area contributed by atoms with E-state index in [-0.39, 0.29) is 24.9 Å². The predicted octanol–water partition coefficient (Wildman–Crippen LogP) is 3.76. The monoisotopic (exact) mass is 566 g/mol. The molecule has 0 bridgehead atoms. The molecule has 0 aliphatic carbocycles. The van der Waals surface area contributed by atoms with Crippen LogP contribution in [0.5, 0.6) is 28.7 Å². The minimum atomic E-state index is -1.34. The van der Waals surface area contributed by atoms with Gasteiger partial charge in [-0.05, 0) is 53.9 Å². The zero-order valence-corrected chi connectivity index (χ0v) is 23.6. The molecular formula is C30H34N2O9. The molecule has 0 radical (unpaired) electrons. The highest BCUT2D eigenvalue weighted by atomic mass is 16.5. The van der Waals surface area contributed by atoms with Crippen molar-refractivity contribution in [3.05, 3.63) is 65.7 Å². The lowest BCUT2D eigenvalue weighted by atomic mass is 10.0. The van der Waals surface area contributed by atoms with Crippen molar-refractivity contribution in [2.45, 2.75) is 25.4 Å². The minimum Gasteiger partial charge on any atom is -0.497 e. The van der Waals surface area contributed by atoms with E-state index in [0.717, 1.165) is 11.1 Å². The van der Waals surface area contributed by atoms with Crippen LogP contribution in [0.4, 0.5) is 0 Å². The van der Waals surface area contributed by atoms with Crippen molar-refractivity contribution < 1.29 is 43.2 Å². The van der Waals surface area contributed by atoms with Crippen molar-refractivity contribution in [3.63, 3.8) is 0 Å². The Morgan fingerprint density at radius 3 is 1.90 bits per heavy atom. The Hall–Kier alpha value is -4.93. The highest BCUT2D eigenvalue weighted by Crippen LogP contribution is 2.39. The third kappa shape index (κ3) is 7.18. The van der Waals surface area contributed by atoms with Gasteiger partial charge in [-0.15, -0.1) is 0 Å². The van der Waals surface area contributed by atoms with Gasteiger partial charge >= 0.3 is 5.97 Å². The quantitative estimate of drug-likeness (QED) is 0.298. The van der Waals surface area contributed by atoms with Crippen LogP contribution >= 0.6 is 0 Å². The molecule has 11 nitrogen and oxygen atoms in total. The van der Waals surface area contributed by atoms with Crippen LogP contribution in [0.3, 0.4) is 0 Å². The smallest absolute Gasteiger partial charge is 0.326 e. The minimum absolute atomic E-state index is 0.126. The molecule has 11 heteroatoms. The number of aliphatic carboxylic acids is 1. The molecular weight excluding hydrogens is 532 g/mol. The summed E-state index contributed by atoms with van der Waals surface area (Å²) in [5.74, 6) is -0.234. The Balaban J connectivity index is 2.03. The standard InChI is InChI=1S/C30H34N2O9/c1-37-21-10-11-22(24(16-21)38-2)19-6-8-20(9-7-19)29(34)32(23(30(35)36)12-13-27(31)33)17-18-14-25(39-3)28(41-5)26(15-18)40-4/h6-11,14-16,23H,12-13,17H2,1-5H3,(H2,31,33)(H,35,36)/t23-/m0/s1. The van der Waals surface area contributed by atoms with Gasteiger partial charge in [0, 0.05) is 30.2 Å². The lowest BCUT2D eigenvalue weighted by molar-refractivity contribution is -0.143. The Kier molecular flexibility index (Phi) is 10.4. The van der Waals surface area contributed by atoms with Crippen LogP contribution in [-0.4, -0.2) is 69.4 Å². The van der Waals surface area contributed by atoms with Crippen molar-refractivity contribution in [3.8, 4) is 39.9 Å². The third-order valence-electron chi connectivity index (χ3n) is 6.52. The predicted molar refractivity (Wildman–Crippen MR) is 151 cm³/mol. The molecule has 0 spiro atoms.